The molecule has 22 heavy (non-hydrogen) atoms. The monoisotopic (exact) mass is 367 g/mol. The summed E-state index contributed by atoms with van der Waals surface area (Å²) in [6.45, 7) is 7.77. The van der Waals surface area contributed by atoms with Gasteiger partial charge in [-0.25, -0.2) is 0 Å². The molecule has 1 aliphatic heterocycles. The van der Waals surface area contributed by atoms with Gasteiger partial charge in [-0.15, -0.1) is 0 Å². The summed E-state index contributed by atoms with van der Waals surface area (Å²) >= 11 is 3.48. The lowest BCUT2D eigenvalue weighted by molar-refractivity contribution is -0.118. The predicted octanol–water partition coefficient (Wildman–Crippen LogP) is 3.16. The summed E-state index contributed by atoms with van der Waals surface area (Å²) < 4.78 is 1.06. The van der Waals surface area contributed by atoms with Crippen LogP contribution in [0.25, 0.3) is 0 Å². The minimum atomic E-state index is 0.0775. The minimum absolute atomic E-state index is 0.0775. The molecule has 122 valence electrons. The van der Waals surface area contributed by atoms with E-state index >= 15 is 0 Å². The highest BCUT2D eigenvalue weighted by atomic mass is 79.9. The van der Waals surface area contributed by atoms with Crippen molar-refractivity contribution in [3.8, 4) is 0 Å². The molecule has 1 aliphatic rings. The van der Waals surface area contributed by atoms with Crippen LogP contribution in [0, 0.1) is 6.92 Å². The summed E-state index contributed by atoms with van der Waals surface area (Å²) in [6, 6.07) is 6.43. The van der Waals surface area contributed by atoms with Crippen LogP contribution in [-0.4, -0.2) is 43.0 Å². The number of nitrogens with one attached hydrogen (secondary N) is 2. The molecule has 0 radical (unpaired) electrons. The van der Waals surface area contributed by atoms with Crippen LogP contribution in [0.3, 0.4) is 0 Å². The van der Waals surface area contributed by atoms with E-state index < -0.39 is 0 Å². The standard InChI is InChI=1S/C17H26BrN3O/c1-3-10-21(15-6-8-19-9-7-15)12-17(22)20-14-4-5-16(18)13(2)11-14/h4-5,11,15,19H,3,6-10,12H2,1-2H3,(H,20,22). The Morgan fingerprint density at radius 1 is 1.41 bits per heavy atom. The maximum atomic E-state index is 12.4. The highest BCUT2D eigenvalue weighted by Gasteiger charge is 2.22. The van der Waals surface area contributed by atoms with Crippen molar-refractivity contribution in [2.45, 2.75) is 39.2 Å². The Bertz CT molecular complexity index is 501. The zero-order valence-corrected chi connectivity index (χ0v) is 15.1. The lowest BCUT2D eigenvalue weighted by Crippen LogP contribution is -2.46. The zero-order valence-electron chi connectivity index (χ0n) is 13.5. The van der Waals surface area contributed by atoms with Gasteiger partial charge in [0, 0.05) is 16.2 Å². The van der Waals surface area contributed by atoms with E-state index in [1.54, 1.807) is 0 Å². The largest absolute Gasteiger partial charge is 0.325 e. The Morgan fingerprint density at radius 2 is 2.14 bits per heavy atom. The second-order valence-corrected chi connectivity index (χ2v) is 6.82. The topological polar surface area (TPSA) is 44.4 Å². The number of hydrogen-bond donors (Lipinski definition) is 2. The first kappa shape index (κ1) is 17.4. The normalized spacial score (nSPS) is 16.0. The second kappa shape index (κ2) is 8.65. The lowest BCUT2D eigenvalue weighted by atomic mass is 10.0. The fourth-order valence-electron chi connectivity index (χ4n) is 2.96. The Morgan fingerprint density at radius 3 is 2.77 bits per heavy atom. The molecule has 1 amide bonds. The number of halogens is 1. The van der Waals surface area contributed by atoms with Crippen molar-refractivity contribution in [2.24, 2.45) is 0 Å². The summed E-state index contributed by atoms with van der Waals surface area (Å²) in [4.78, 5) is 14.7. The van der Waals surface area contributed by atoms with Gasteiger partial charge in [0.05, 0.1) is 6.54 Å². The van der Waals surface area contributed by atoms with E-state index in [2.05, 4.69) is 38.4 Å². The first-order valence-electron chi connectivity index (χ1n) is 8.11. The van der Waals surface area contributed by atoms with Gasteiger partial charge in [0.15, 0.2) is 0 Å². The van der Waals surface area contributed by atoms with Crippen LogP contribution >= 0.6 is 15.9 Å². The molecule has 1 aromatic rings. The SMILES string of the molecule is CCCN(CC(=O)Nc1ccc(Br)c(C)c1)C1CCNCC1. The van der Waals surface area contributed by atoms with Gasteiger partial charge in [-0.05, 0) is 69.6 Å². The third kappa shape index (κ3) is 5.07. The molecule has 1 fully saturated rings. The van der Waals surface area contributed by atoms with Crippen LogP contribution in [0.4, 0.5) is 5.69 Å². The van der Waals surface area contributed by atoms with E-state index in [-0.39, 0.29) is 5.91 Å². The van der Waals surface area contributed by atoms with E-state index in [9.17, 15) is 4.79 Å². The number of amides is 1. The maximum Gasteiger partial charge on any atom is 0.238 e. The number of carbonyl (C=O) groups is 1. The van der Waals surface area contributed by atoms with E-state index in [1.807, 2.05) is 25.1 Å². The van der Waals surface area contributed by atoms with Gasteiger partial charge >= 0.3 is 0 Å². The van der Waals surface area contributed by atoms with Crippen molar-refractivity contribution in [3.63, 3.8) is 0 Å². The smallest absolute Gasteiger partial charge is 0.238 e. The third-order valence-corrected chi connectivity index (χ3v) is 5.01. The molecule has 2 N–H and O–H groups in total. The van der Waals surface area contributed by atoms with Gasteiger partial charge in [0.2, 0.25) is 5.91 Å². The zero-order chi connectivity index (χ0) is 15.9. The van der Waals surface area contributed by atoms with Crippen molar-refractivity contribution in [1.29, 1.82) is 0 Å². The van der Waals surface area contributed by atoms with Crippen molar-refractivity contribution in [2.75, 3.05) is 31.5 Å². The molecule has 0 aromatic heterocycles. The van der Waals surface area contributed by atoms with Gasteiger partial charge in [-0.2, -0.15) is 0 Å². The highest BCUT2D eigenvalue weighted by molar-refractivity contribution is 9.10. The molecule has 0 saturated carbocycles. The number of piperidine rings is 1. The van der Waals surface area contributed by atoms with Crippen LogP contribution in [0.5, 0.6) is 0 Å². The second-order valence-electron chi connectivity index (χ2n) is 5.96. The third-order valence-electron chi connectivity index (χ3n) is 4.12. The van der Waals surface area contributed by atoms with Gasteiger partial charge in [0.25, 0.3) is 0 Å². The van der Waals surface area contributed by atoms with E-state index in [0.29, 0.717) is 12.6 Å². The number of hydrogen-bond acceptors (Lipinski definition) is 3. The van der Waals surface area contributed by atoms with Gasteiger partial charge < -0.3 is 10.6 Å². The van der Waals surface area contributed by atoms with E-state index in [1.165, 1.54) is 0 Å². The minimum Gasteiger partial charge on any atom is -0.325 e. The molecule has 0 unspecified atom stereocenters. The molecular formula is C17H26BrN3O. The summed E-state index contributed by atoms with van der Waals surface area (Å²) in [6.07, 6.45) is 3.34. The van der Waals surface area contributed by atoms with Crippen molar-refractivity contribution >= 4 is 27.5 Å². The van der Waals surface area contributed by atoms with Crippen LogP contribution in [-0.2, 0) is 4.79 Å². The van der Waals surface area contributed by atoms with Crippen molar-refractivity contribution < 1.29 is 4.79 Å². The molecule has 0 aliphatic carbocycles. The average molecular weight is 368 g/mol. The molecule has 2 rings (SSSR count). The molecule has 0 spiro atoms. The van der Waals surface area contributed by atoms with Gasteiger partial charge in [-0.1, -0.05) is 22.9 Å². The van der Waals surface area contributed by atoms with E-state index in [4.69, 9.17) is 0 Å². The van der Waals surface area contributed by atoms with Gasteiger partial charge in [0.1, 0.15) is 0 Å². The maximum absolute atomic E-state index is 12.4. The number of aryl methyl sites for hydroxylation is 1. The fraction of sp³-hybridized carbons (Fsp3) is 0.588. The number of nitrogens with zero attached hydrogens (tertiary/aromatic N) is 1. The molecule has 1 heterocycles. The Labute approximate surface area is 141 Å². The quantitative estimate of drug-likeness (QED) is 0.811. The van der Waals surface area contributed by atoms with Crippen LogP contribution in [0.2, 0.25) is 0 Å². The molecule has 1 aromatic carbocycles. The Balaban J connectivity index is 1.93. The summed E-state index contributed by atoms with van der Waals surface area (Å²) in [5.74, 6) is 0.0775. The Hall–Kier alpha value is -0.910. The lowest BCUT2D eigenvalue weighted by Gasteiger charge is -2.34. The van der Waals surface area contributed by atoms with Crippen LogP contribution < -0.4 is 10.6 Å². The number of benzene rings is 1. The van der Waals surface area contributed by atoms with Crippen molar-refractivity contribution in [1.82, 2.24) is 10.2 Å². The highest BCUT2D eigenvalue weighted by Crippen LogP contribution is 2.20. The molecule has 0 bridgehead atoms. The van der Waals surface area contributed by atoms with E-state index in [0.717, 1.165) is 54.6 Å². The Kier molecular flexibility index (Phi) is 6.86. The molecule has 4 nitrogen and oxygen atoms in total. The molecule has 5 heteroatoms. The van der Waals surface area contributed by atoms with Crippen molar-refractivity contribution in [3.05, 3.63) is 28.2 Å². The summed E-state index contributed by atoms with van der Waals surface area (Å²) in [5, 5.41) is 6.41. The van der Waals surface area contributed by atoms with Crippen LogP contribution in [0.15, 0.2) is 22.7 Å². The molecule has 1 saturated heterocycles. The van der Waals surface area contributed by atoms with Crippen LogP contribution in [0.1, 0.15) is 31.7 Å². The van der Waals surface area contributed by atoms with Gasteiger partial charge in [-0.3, -0.25) is 9.69 Å². The summed E-state index contributed by atoms with van der Waals surface area (Å²) in [5.41, 5.74) is 1.99. The molecule has 0 atom stereocenters. The average Bonchev–Trinajstić information content (AvgIpc) is 2.51. The fourth-order valence-corrected chi connectivity index (χ4v) is 3.20. The number of rotatable bonds is 6. The first-order chi connectivity index (χ1) is 10.6. The summed E-state index contributed by atoms with van der Waals surface area (Å²) in [7, 11) is 0. The first-order valence-corrected chi connectivity index (χ1v) is 8.90. The predicted molar refractivity (Wildman–Crippen MR) is 95.3 cm³/mol. The number of anilines is 1. The number of carbonyl (C=O) groups excluding carboxylic acids is 1. The molecular weight excluding hydrogens is 342 g/mol.